The minimum Gasteiger partial charge on any atom is -0.293 e. The zero-order chi connectivity index (χ0) is 13.5. The molecule has 3 rings (SSSR count). The van der Waals surface area contributed by atoms with Gasteiger partial charge >= 0.3 is 0 Å². The number of halogens is 1. The Morgan fingerprint density at radius 2 is 1.74 bits per heavy atom. The molecule has 2 heteroatoms. The molecule has 0 saturated heterocycles. The van der Waals surface area contributed by atoms with Crippen molar-refractivity contribution in [3.63, 3.8) is 0 Å². The summed E-state index contributed by atoms with van der Waals surface area (Å²) in [5.74, 6) is 0.219. The van der Waals surface area contributed by atoms with Gasteiger partial charge < -0.3 is 0 Å². The first-order chi connectivity index (χ1) is 9.11. The molecule has 1 aliphatic rings. The molecule has 0 heterocycles. The van der Waals surface area contributed by atoms with E-state index in [0.29, 0.717) is 5.02 Å². The lowest BCUT2D eigenvalue weighted by Gasteiger charge is -2.33. The number of benzene rings is 2. The molecule has 0 aliphatic heterocycles. The molecule has 19 heavy (non-hydrogen) atoms. The second-order valence-electron chi connectivity index (χ2n) is 5.33. The smallest absolute Gasteiger partial charge is 0.173 e. The van der Waals surface area contributed by atoms with E-state index >= 15 is 0 Å². The van der Waals surface area contributed by atoms with Crippen molar-refractivity contribution in [2.75, 3.05) is 0 Å². The van der Waals surface area contributed by atoms with E-state index in [0.717, 1.165) is 24.0 Å². The number of rotatable bonds is 1. The Balaban J connectivity index is 2.07. The van der Waals surface area contributed by atoms with Crippen molar-refractivity contribution >= 4 is 17.4 Å². The number of Topliss-reactive ketones (excluding diaryl/α,β-unsaturated/α-hetero) is 1. The van der Waals surface area contributed by atoms with Crippen molar-refractivity contribution in [1.82, 2.24) is 0 Å². The minimum atomic E-state index is -0.432. The normalized spacial score (nSPS) is 22.1. The zero-order valence-corrected chi connectivity index (χ0v) is 11.6. The van der Waals surface area contributed by atoms with Gasteiger partial charge in [-0.05, 0) is 43.0 Å². The molecule has 0 amide bonds. The van der Waals surface area contributed by atoms with Gasteiger partial charge in [-0.15, -0.1) is 0 Å². The van der Waals surface area contributed by atoms with E-state index in [-0.39, 0.29) is 5.78 Å². The molecule has 0 aromatic heterocycles. The van der Waals surface area contributed by atoms with Crippen molar-refractivity contribution in [3.8, 4) is 0 Å². The Labute approximate surface area is 118 Å². The van der Waals surface area contributed by atoms with Crippen LogP contribution in [0.2, 0.25) is 5.02 Å². The molecule has 0 spiro atoms. The van der Waals surface area contributed by atoms with Crippen LogP contribution in [0.5, 0.6) is 0 Å². The van der Waals surface area contributed by atoms with Gasteiger partial charge in [0.1, 0.15) is 0 Å². The SMILES string of the molecule is C[C@]1(c2ccc(Cl)cc2)CCc2ccccc2C1=O. The summed E-state index contributed by atoms with van der Waals surface area (Å²) in [6.45, 7) is 2.04. The molecule has 0 unspecified atom stereocenters. The first-order valence-electron chi connectivity index (χ1n) is 6.50. The van der Waals surface area contributed by atoms with Crippen LogP contribution in [-0.4, -0.2) is 5.78 Å². The quantitative estimate of drug-likeness (QED) is 0.749. The fourth-order valence-electron chi connectivity index (χ4n) is 2.85. The van der Waals surface area contributed by atoms with Gasteiger partial charge in [-0.25, -0.2) is 0 Å². The Bertz CT molecular complexity index is 630. The molecule has 1 atom stereocenters. The summed E-state index contributed by atoms with van der Waals surface area (Å²) in [4.78, 5) is 12.8. The summed E-state index contributed by atoms with van der Waals surface area (Å²) in [6, 6.07) is 15.6. The first-order valence-corrected chi connectivity index (χ1v) is 6.88. The maximum absolute atomic E-state index is 12.8. The lowest BCUT2D eigenvalue weighted by Crippen LogP contribution is -2.37. The second kappa shape index (κ2) is 4.50. The molecule has 96 valence electrons. The second-order valence-corrected chi connectivity index (χ2v) is 5.76. The summed E-state index contributed by atoms with van der Waals surface area (Å²) in [5, 5.41) is 0.705. The van der Waals surface area contributed by atoms with Gasteiger partial charge in [-0.1, -0.05) is 48.0 Å². The Hall–Kier alpha value is -1.60. The number of hydrogen-bond donors (Lipinski definition) is 0. The third-order valence-corrected chi connectivity index (χ3v) is 4.39. The summed E-state index contributed by atoms with van der Waals surface area (Å²) in [6.07, 6.45) is 1.80. The summed E-state index contributed by atoms with van der Waals surface area (Å²) < 4.78 is 0. The fourth-order valence-corrected chi connectivity index (χ4v) is 2.97. The average molecular weight is 271 g/mol. The molecule has 2 aromatic rings. The lowest BCUT2D eigenvalue weighted by molar-refractivity contribution is 0.0875. The molecule has 0 radical (unpaired) electrons. The number of hydrogen-bond acceptors (Lipinski definition) is 1. The van der Waals surface area contributed by atoms with Gasteiger partial charge in [0.2, 0.25) is 0 Å². The Kier molecular flexibility index (Phi) is 2.94. The predicted octanol–water partition coefficient (Wildman–Crippen LogP) is 4.43. The maximum atomic E-state index is 12.8. The van der Waals surface area contributed by atoms with Crippen molar-refractivity contribution < 1.29 is 4.79 Å². The van der Waals surface area contributed by atoms with E-state index in [2.05, 4.69) is 6.07 Å². The van der Waals surface area contributed by atoms with Crippen LogP contribution in [0.3, 0.4) is 0 Å². The number of carbonyl (C=O) groups excluding carboxylic acids is 1. The van der Waals surface area contributed by atoms with Crippen molar-refractivity contribution in [3.05, 3.63) is 70.2 Å². The van der Waals surface area contributed by atoms with Gasteiger partial charge in [0, 0.05) is 10.6 Å². The molecule has 0 N–H and O–H groups in total. The van der Waals surface area contributed by atoms with Crippen molar-refractivity contribution in [2.45, 2.75) is 25.2 Å². The van der Waals surface area contributed by atoms with Gasteiger partial charge in [0.15, 0.2) is 5.78 Å². The van der Waals surface area contributed by atoms with E-state index in [1.165, 1.54) is 5.56 Å². The highest BCUT2D eigenvalue weighted by Gasteiger charge is 2.39. The number of carbonyl (C=O) groups is 1. The van der Waals surface area contributed by atoms with E-state index in [1.54, 1.807) is 0 Å². The van der Waals surface area contributed by atoms with Gasteiger partial charge in [-0.3, -0.25) is 4.79 Å². The average Bonchev–Trinajstić information content (AvgIpc) is 2.44. The maximum Gasteiger partial charge on any atom is 0.173 e. The van der Waals surface area contributed by atoms with Gasteiger partial charge in [-0.2, -0.15) is 0 Å². The molecular formula is C17H15ClO. The van der Waals surface area contributed by atoms with Crippen LogP contribution < -0.4 is 0 Å². The molecule has 0 bridgehead atoms. The summed E-state index contributed by atoms with van der Waals surface area (Å²) >= 11 is 5.93. The molecule has 1 nitrogen and oxygen atoms in total. The van der Waals surface area contributed by atoms with Crippen LogP contribution in [0.15, 0.2) is 48.5 Å². The van der Waals surface area contributed by atoms with Crippen molar-refractivity contribution in [1.29, 1.82) is 0 Å². The minimum absolute atomic E-state index is 0.219. The predicted molar refractivity (Wildman–Crippen MR) is 77.9 cm³/mol. The van der Waals surface area contributed by atoms with Crippen LogP contribution in [0.4, 0.5) is 0 Å². The monoisotopic (exact) mass is 270 g/mol. The summed E-state index contributed by atoms with van der Waals surface area (Å²) in [5.41, 5.74) is 2.65. The van der Waals surface area contributed by atoms with Crippen LogP contribution >= 0.6 is 11.6 Å². The van der Waals surface area contributed by atoms with Crippen molar-refractivity contribution in [2.24, 2.45) is 0 Å². The zero-order valence-electron chi connectivity index (χ0n) is 10.8. The molecule has 1 aliphatic carbocycles. The van der Waals surface area contributed by atoms with E-state index in [4.69, 9.17) is 11.6 Å². The van der Waals surface area contributed by atoms with E-state index < -0.39 is 5.41 Å². The number of aryl methyl sites for hydroxylation is 1. The number of fused-ring (bicyclic) bond motifs is 1. The first kappa shape index (κ1) is 12.4. The van der Waals surface area contributed by atoms with E-state index in [9.17, 15) is 4.79 Å². The van der Waals surface area contributed by atoms with Crippen LogP contribution in [0.25, 0.3) is 0 Å². The molecule has 2 aromatic carbocycles. The third-order valence-electron chi connectivity index (χ3n) is 4.14. The van der Waals surface area contributed by atoms with Crippen LogP contribution in [0.1, 0.15) is 34.8 Å². The Morgan fingerprint density at radius 1 is 1.05 bits per heavy atom. The molecule has 0 fully saturated rings. The molecular weight excluding hydrogens is 256 g/mol. The highest BCUT2D eigenvalue weighted by Crippen LogP contribution is 2.38. The standard InChI is InChI=1S/C17H15ClO/c1-17(13-6-8-14(18)9-7-13)11-10-12-4-2-3-5-15(12)16(17)19/h2-9H,10-11H2,1H3/t17-/m1/s1. The fraction of sp³-hybridized carbons (Fsp3) is 0.235. The van der Waals surface area contributed by atoms with Crippen LogP contribution in [-0.2, 0) is 11.8 Å². The van der Waals surface area contributed by atoms with Gasteiger partial charge in [0.25, 0.3) is 0 Å². The highest BCUT2D eigenvalue weighted by molar-refractivity contribution is 6.30. The lowest BCUT2D eigenvalue weighted by atomic mass is 9.68. The van der Waals surface area contributed by atoms with Gasteiger partial charge in [0.05, 0.1) is 5.41 Å². The Morgan fingerprint density at radius 3 is 2.47 bits per heavy atom. The number of ketones is 1. The van der Waals surface area contributed by atoms with Crippen LogP contribution in [0, 0.1) is 0 Å². The van der Waals surface area contributed by atoms with E-state index in [1.807, 2.05) is 49.4 Å². The third kappa shape index (κ3) is 1.98. The summed E-state index contributed by atoms with van der Waals surface area (Å²) in [7, 11) is 0. The molecule has 0 saturated carbocycles. The highest BCUT2D eigenvalue weighted by atomic mass is 35.5. The topological polar surface area (TPSA) is 17.1 Å². The largest absolute Gasteiger partial charge is 0.293 e.